The van der Waals surface area contributed by atoms with Crippen LogP contribution in [0.15, 0.2) is 41.6 Å². The number of hydrazone groups is 1. The highest BCUT2D eigenvalue weighted by molar-refractivity contribution is 5.81. The molecular weight excluding hydrogens is 361 g/mol. The Bertz CT molecular complexity index is 790. The minimum Gasteiger partial charge on any atom is -0.484 e. The van der Waals surface area contributed by atoms with E-state index in [1.807, 2.05) is 12.1 Å². The Balaban J connectivity index is 1.78. The fraction of sp³-hybridized carbons (Fsp3) is 0.389. The third-order valence-corrected chi connectivity index (χ3v) is 3.48. The van der Waals surface area contributed by atoms with Gasteiger partial charge in [-0.15, -0.1) is 0 Å². The summed E-state index contributed by atoms with van der Waals surface area (Å²) in [6.45, 7) is 4.87. The first-order valence-corrected chi connectivity index (χ1v) is 8.18. The molecule has 1 aromatic heterocycles. The molecule has 2 aromatic rings. The zero-order chi connectivity index (χ0) is 20.1. The largest absolute Gasteiger partial charge is 0.484 e. The van der Waals surface area contributed by atoms with Crippen molar-refractivity contribution in [1.29, 1.82) is 0 Å². The van der Waals surface area contributed by atoms with Gasteiger partial charge in [0.2, 0.25) is 0 Å². The summed E-state index contributed by atoms with van der Waals surface area (Å²) in [5.74, 6) is 0.0499. The number of halogens is 3. The normalized spacial score (nSPS) is 12.4. The van der Waals surface area contributed by atoms with Crippen LogP contribution >= 0.6 is 0 Å². The molecule has 0 aliphatic rings. The van der Waals surface area contributed by atoms with Crippen LogP contribution in [0.1, 0.15) is 32.0 Å². The van der Waals surface area contributed by atoms with E-state index in [4.69, 9.17) is 4.74 Å². The summed E-state index contributed by atoms with van der Waals surface area (Å²) in [5, 5.41) is 7.33. The molecule has 1 heterocycles. The molecule has 0 atom stereocenters. The zero-order valence-electron chi connectivity index (χ0n) is 15.2. The molecule has 0 saturated heterocycles. The summed E-state index contributed by atoms with van der Waals surface area (Å²) in [7, 11) is 0. The molecule has 6 nitrogen and oxygen atoms in total. The number of rotatable bonds is 6. The third kappa shape index (κ3) is 7.12. The minimum atomic E-state index is -4.35. The lowest BCUT2D eigenvalue weighted by molar-refractivity contribution is -0.142. The summed E-state index contributed by atoms with van der Waals surface area (Å²) in [6, 6.07) is 8.79. The maximum Gasteiger partial charge on any atom is 0.408 e. The standard InChI is InChI=1S/C18H21F3N4O2/c1-17(2,3)13-4-6-15(7-5-13)27-11-16(26)23-22-10-14-8-9-25(24-14)12-18(19,20)21/h4-10H,11-12H2,1-3H3,(H,23,26)/b22-10-. The second-order valence-corrected chi connectivity index (χ2v) is 6.91. The lowest BCUT2D eigenvalue weighted by atomic mass is 9.87. The van der Waals surface area contributed by atoms with Crippen molar-refractivity contribution >= 4 is 12.1 Å². The molecule has 2 rings (SSSR count). The predicted molar refractivity (Wildman–Crippen MR) is 94.7 cm³/mol. The van der Waals surface area contributed by atoms with Gasteiger partial charge in [-0.3, -0.25) is 9.48 Å². The van der Waals surface area contributed by atoms with E-state index in [9.17, 15) is 18.0 Å². The Morgan fingerprint density at radius 3 is 2.48 bits per heavy atom. The van der Waals surface area contributed by atoms with Crippen LogP contribution in [0.4, 0.5) is 13.2 Å². The first kappa shape index (κ1) is 20.5. The number of hydrogen-bond donors (Lipinski definition) is 1. The summed E-state index contributed by atoms with van der Waals surface area (Å²) in [4.78, 5) is 11.7. The molecule has 1 amide bonds. The molecule has 0 fully saturated rings. The first-order chi connectivity index (χ1) is 12.5. The fourth-order valence-electron chi connectivity index (χ4n) is 2.12. The highest BCUT2D eigenvalue weighted by Crippen LogP contribution is 2.24. The average Bonchev–Trinajstić information content (AvgIpc) is 2.98. The monoisotopic (exact) mass is 382 g/mol. The van der Waals surface area contributed by atoms with E-state index in [1.54, 1.807) is 12.1 Å². The van der Waals surface area contributed by atoms with E-state index in [2.05, 4.69) is 36.4 Å². The smallest absolute Gasteiger partial charge is 0.408 e. The van der Waals surface area contributed by atoms with Crippen molar-refractivity contribution < 1.29 is 22.7 Å². The van der Waals surface area contributed by atoms with Gasteiger partial charge < -0.3 is 4.74 Å². The lowest BCUT2D eigenvalue weighted by Gasteiger charge is -2.19. The maximum atomic E-state index is 12.2. The van der Waals surface area contributed by atoms with Crippen LogP contribution in [0, 0.1) is 0 Å². The highest BCUT2D eigenvalue weighted by atomic mass is 19.4. The number of alkyl halides is 3. The van der Waals surface area contributed by atoms with Gasteiger partial charge in [-0.05, 0) is 29.2 Å². The van der Waals surface area contributed by atoms with Crippen molar-refractivity contribution in [2.45, 2.75) is 38.9 Å². The minimum absolute atomic E-state index is 0.0255. The van der Waals surface area contributed by atoms with Crippen molar-refractivity contribution in [2.75, 3.05) is 6.61 Å². The number of carbonyl (C=O) groups is 1. The van der Waals surface area contributed by atoms with E-state index < -0.39 is 18.6 Å². The van der Waals surface area contributed by atoms with Gasteiger partial charge in [-0.1, -0.05) is 32.9 Å². The molecule has 0 aliphatic carbocycles. The second kappa shape index (κ2) is 8.24. The van der Waals surface area contributed by atoms with Gasteiger partial charge in [0.1, 0.15) is 18.0 Å². The van der Waals surface area contributed by atoms with Crippen LogP contribution in [0.25, 0.3) is 0 Å². The van der Waals surface area contributed by atoms with Gasteiger partial charge in [0.15, 0.2) is 6.61 Å². The van der Waals surface area contributed by atoms with E-state index in [1.165, 1.54) is 12.3 Å². The average molecular weight is 382 g/mol. The van der Waals surface area contributed by atoms with Crippen molar-refractivity contribution in [3.8, 4) is 5.75 Å². The van der Waals surface area contributed by atoms with Gasteiger partial charge in [-0.2, -0.15) is 23.4 Å². The van der Waals surface area contributed by atoms with Crippen molar-refractivity contribution in [1.82, 2.24) is 15.2 Å². The van der Waals surface area contributed by atoms with Crippen molar-refractivity contribution in [3.63, 3.8) is 0 Å². The van der Waals surface area contributed by atoms with Crippen molar-refractivity contribution in [3.05, 3.63) is 47.8 Å². The number of nitrogens with one attached hydrogen (secondary N) is 1. The SMILES string of the molecule is CC(C)(C)c1ccc(OCC(=O)N/N=C\c2ccn(CC(F)(F)F)n2)cc1. The van der Waals surface area contributed by atoms with Crippen LogP contribution in [0.2, 0.25) is 0 Å². The molecule has 146 valence electrons. The Labute approximate surface area is 155 Å². The predicted octanol–water partition coefficient (Wildman–Crippen LogP) is 3.27. The molecule has 1 aromatic carbocycles. The van der Waals surface area contributed by atoms with Gasteiger partial charge in [0, 0.05) is 6.20 Å². The lowest BCUT2D eigenvalue weighted by Crippen LogP contribution is -2.24. The number of amides is 1. The molecule has 9 heteroatoms. The van der Waals surface area contributed by atoms with E-state index in [0.29, 0.717) is 5.75 Å². The molecule has 0 bridgehead atoms. The van der Waals surface area contributed by atoms with E-state index in [-0.39, 0.29) is 17.7 Å². The van der Waals surface area contributed by atoms with Gasteiger partial charge in [0.25, 0.3) is 5.91 Å². The number of hydrogen-bond acceptors (Lipinski definition) is 4. The number of aromatic nitrogens is 2. The number of nitrogens with zero attached hydrogens (tertiary/aromatic N) is 3. The molecular formula is C18H21F3N4O2. The summed E-state index contributed by atoms with van der Waals surface area (Å²) >= 11 is 0. The van der Waals surface area contributed by atoms with Gasteiger partial charge in [-0.25, -0.2) is 5.43 Å². The first-order valence-electron chi connectivity index (χ1n) is 8.18. The molecule has 0 saturated carbocycles. The van der Waals surface area contributed by atoms with Crippen LogP contribution in [0.3, 0.4) is 0 Å². The summed E-state index contributed by atoms with van der Waals surface area (Å²) < 4.78 is 42.9. The third-order valence-electron chi connectivity index (χ3n) is 3.48. The molecule has 1 N–H and O–H groups in total. The molecule has 0 aliphatic heterocycles. The van der Waals surface area contributed by atoms with Crippen LogP contribution in [-0.2, 0) is 16.8 Å². The molecule has 0 spiro atoms. The summed E-state index contributed by atoms with van der Waals surface area (Å²) in [6.07, 6.45) is -2.01. The Morgan fingerprint density at radius 2 is 1.89 bits per heavy atom. The Morgan fingerprint density at radius 1 is 1.22 bits per heavy atom. The number of carbonyl (C=O) groups excluding carboxylic acids is 1. The molecule has 0 unspecified atom stereocenters. The maximum absolute atomic E-state index is 12.2. The topological polar surface area (TPSA) is 68.5 Å². The molecule has 0 radical (unpaired) electrons. The fourth-order valence-corrected chi connectivity index (χ4v) is 2.12. The van der Waals surface area contributed by atoms with Crippen LogP contribution < -0.4 is 10.2 Å². The second-order valence-electron chi connectivity index (χ2n) is 6.91. The van der Waals surface area contributed by atoms with Crippen LogP contribution in [-0.4, -0.2) is 34.7 Å². The van der Waals surface area contributed by atoms with E-state index in [0.717, 1.165) is 16.5 Å². The highest BCUT2D eigenvalue weighted by Gasteiger charge is 2.28. The van der Waals surface area contributed by atoms with Crippen LogP contribution in [0.5, 0.6) is 5.75 Å². The molecule has 27 heavy (non-hydrogen) atoms. The van der Waals surface area contributed by atoms with Crippen molar-refractivity contribution in [2.24, 2.45) is 5.10 Å². The Kier molecular flexibility index (Phi) is 6.24. The van der Waals surface area contributed by atoms with Gasteiger partial charge >= 0.3 is 6.18 Å². The Hall–Kier alpha value is -2.84. The quantitative estimate of drug-likeness (QED) is 0.616. The number of benzene rings is 1. The van der Waals surface area contributed by atoms with Gasteiger partial charge in [0.05, 0.1) is 6.21 Å². The van der Waals surface area contributed by atoms with E-state index >= 15 is 0 Å². The number of ether oxygens (including phenoxy) is 1. The zero-order valence-corrected chi connectivity index (χ0v) is 15.2. The summed E-state index contributed by atoms with van der Waals surface area (Å²) in [5.41, 5.74) is 3.59.